The van der Waals surface area contributed by atoms with Crippen LogP contribution in [-0.2, 0) is 21.2 Å². The number of hydrogen-bond donors (Lipinski definition) is 2. The van der Waals surface area contributed by atoms with Crippen LogP contribution in [-0.4, -0.2) is 25.1 Å². The van der Waals surface area contributed by atoms with Crippen LogP contribution >= 0.6 is 11.6 Å². The first kappa shape index (κ1) is 17.5. The van der Waals surface area contributed by atoms with E-state index in [4.69, 9.17) is 11.6 Å². The Morgan fingerprint density at radius 3 is 2.72 bits per heavy atom. The van der Waals surface area contributed by atoms with E-state index in [0.29, 0.717) is 11.6 Å². The Balaban J connectivity index is 1.58. The second kappa shape index (κ2) is 7.29. The average Bonchev–Trinajstić information content (AvgIpc) is 3.01. The number of benzene rings is 2. The van der Waals surface area contributed by atoms with Gasteiger partial charge in [0.1, 0.15) is 0 Å². The number of fused-ring (bicyclic) bond motifs is 1. The summed E-state index contributed by atoms with van der Waals surface area (Å²) in [4.78, 5) is 15.3. The molecular formula is C18H17ClN2O3S. The van der Waals surface area contributed by atoms with Crippen molar-refractivity contribution in [1.29, 1.82) is 0 Å². The average molecular weight is 377 g/mol. The Bertz CT molecular complexity index is 1010. The topological polar surface area (TPSA) is 79.0 Å². The van der Waals surface area contributed by atoms with Crippen molar-refractivity contribution in [2.45, 2.75) is 17.9 Å². The number of amides is 1. The van der Waals surface area contributed by atoms with E-state index in [1.165, 1.54) is 12.1 Å². The highest BCUT2D eigenvalue weighted by molar-refractivity contribution is 7.91. The lowest BCUT2D eigenvalue weighted by molar-refractivity contribution is -0.120. The summed E-state index contributed by atoms with van der Waals surface area (Å²) in [6, 6.07) is 13.8. The molecule has 3 aromatic rings. The number of carbonyl (C=O) groups excluding carboxylic acids is 1. The van der Waals surface area contributed by atoms with Crippen molar-refractivity contribution in [3.63, 3.8) is 0 Å². The molecule has 0 saturated heterocycles. The molecule has 130 valence electrons. The standard InChI is InChI=1S/C18H17ClN2O3S/c19-14-4-3-5-15(10-14)25(23,24)9-8-18(22)21-12-13-11-20-17-7-2-1-6-16(13)17/h1-7,10-11,20H,8-9,12H2,(H,21,22). The van der Waals surface area contributed by atoms with Crippen molar-refractivity contribution in [3.8, 4) is 0 Å². The lowest BCUT2D eigenvalue weighted by Gasteiger charge is -2.06. The molecule has 0 bridgehead atoms. The van der Waals surface area contributed by atoms with E-state index in [1.807, 2.05) is 30.5 Å². The second-order valence-electron chi connectivity index (χ2n) is 5.66. The van der Waals surface area contributed by atoms with Crippen LogP contribution in [0, 0.1) is 0 Å². The summed E-state index contributed by atoms with van der Waals surface area (Å²) >= 11 is 5.82. The maximum Gasteiger partial charge on any atom is 0.221 e. The van der Waals surface area contributed by atoms with Crippen LogP contribution in [0.15, 0.2) is 59.6 Å². The van der Waals surface area contributed by atoms with Gasteiger partial charge >= 0.3 is 0 Å². The number of para-hydroxylation sites is 1. The minimum Gasteiger partial charge on any atom is -0.361 e. The van der Waals surface area contributed by atoms with E-state index in [9.17, 15) is 13.2 Å². The van der Waals surface area contributed by atoms with E-state index in [0.717, 1.165) is 16.5 Å². The molecule has 3 rings (SSSR count). The smallest absolute Gasteiger partial charge is 0.221 e. The number of carbonyl (C=O) groups is 1. The first-order chi connectivity index (χ1) is 12.0. The second-order valence-corrected chi connectivity index (χ2v) is 8.21. The van der Waals surface area contributed by atoms with Crippen molar-refractivity contribution in [3.05, 3.63) is 65.3 Å². The summed E-state index contributed by atoms with van der Waals surface area (Å²) < 4.78 is 24.5. The molecule has 7 heteroatoms. The summed E-state index contributed by atoms with van der Waals surface area (Å²) in [5.41, 5.74) is 1.96. The maximum absolute atomic E-state index is 12.3. The number of sulfone groups is 1. The molecule has 0 aliphatic heterocycles. The van der Waals surface area contributed by atoms with Crippen LogP contribution in [0.25, 0.3) is 10.9 Å². The maximum atomic E-state index is 12.3. The van der Waals surface area contributed by atoms with Crippen LogP contribution < -0.4 is 5.32 Å². The minimum atomic E-state index is -3.54. The van der Waals surface area contributed by atoms with Gasteiger partial charge in [0.25, 0.3) is 0 Å². The number of nitrogens with one attached hydrogen (secondary N) is 2. The highest BCUT2D eigenvalue weighted by Crippen LogP contribution is 2.18. The van der Waals surface area contributed by atoms with E-state index in [-0.39, 0.29) is 23.0 Å². The van der Waals surface area contributed by atoms with Gasteiger partial charge in [0.15, 0.2) is 9.84 Å². The third-order valence-corrected chi connectivity index (χ3v) is 5.85. The largest absolute Gasteiger partial charge is 0.361 e. The van der Waals surface area contributed by atoms with E-state index < -0.39 is 9.84 Å². The van der Waals surface area contributed by atoms with E-state index >= 15 is 0 Å². The van der Waals surface area contributed by atoms with Crippen molar-refractivity contribution < 1.29 is 13.2 Å². The molecule has 0 fully saturated rings. The number of halogens is 1. The van der Waals surface area contributed by atoms with Gasteiger partial charge in [-0.2, -0.15) is 0 Å². The summed E-state index contributed by atoms with van der Waals surface area (Å²) in [6.07, 6.45) is 1.74. The number of rotatable bonds is 6. The van der Waals surface area contributed by atoms with Gasteiger partial charge in [0, 0.05) is 35.1 Å². The molecule has 1 aromatic heterocycles. The Morgan fingerprint density at radius 2 is 1.92 bits per heavy atom. The highest BCUT2D eigenvalue weighted by atomic mass is 35.5. The van der Waals surface area contributed by atoms with E-state index in [1.54, 1.807) is 12.1 Å². The van der Waals surface area contributed by atoms with Gasteiger partial charge in [-0.05, 0) is 29.8 Å². The van der Waals surface area contributed by atoms with Gasteiger partial charge in [-0.25, -0.2) is 8.42 Å². The molecule has 5 nitrogen and oxygen atoms in total. The van der Waals surface area contributed by atoms with Crippen LogP contribution in [0.1, 0.15) is 12.0 Å². The molecule has 2 N–H and O–H groups in total. The van der Waals surface area contributed by atoms with Gasteiger partial charge in [-0.1, -0.05) is 35.9 Å². The lowest BCUT2D eigenvalue weighted by Crippen LogP contribution is -2.25. The number of hydrogen-bond acceptors (Lipinski definition) is 3. The molecule has 2 aromatic carbocycles. The van der Waals surface area contributed by atoms with Crippen LogP contribution in [0.5, 0.6) is 0 Å². The third-order valence-electron chi connectivity index (χ3n) is 3.90. The predicted octanol–water partition coefficient (Wildman–Crippen LogP) is 3.30. The molecule has 0 spiro atoms. The molecule has 0 aliphatic rings. The first-order valence-corrected chi connectivity index (χ1v) is 9.79. The zero-order chi connectivity index (χ0) is 17.9. The van der Waals surface area contributed by atoms with Crippen molar-refractivity contribution in [2.24, 2.45) is 0 Å². The van der Waals surface area contributed by atoms with Crippen LogP contribution in [0.4, 0.5) is 0 Å². The number of aromatic nitrogens is 1. The van der Waals surface area contributed by atoms with Crippen molar-refractivity contribution >= 4 is 38.2 Å². The first-order valence-electron chi connectivity index (χ1n) is 7.76. The fourth-order valence-electron chi connectivity index (χ4n) is 2.57. The fourth-order valence-corrected chi connectivity index (χ4v) is 4.10. The van der Waals surface area contributed by atoms with Gasteiger partial charge in [-0.3, -0.25) is 4.79 Å². The zero-order valence-electron chi connectivity index (χ0n) is 13.3. The molecule has 0 aliphatic carbocycles. The van der Waals surface area contributed by atoms with Crippen LogP contribution in [0.2, 0.25) is 5.02 Å². The predicted molar refractivity (Wildman–Crippen MR) is 98.3 cm³/mol. The molecule has 1 heterocycles. The summed E-state index contributed by atoms with van der Waals surface area (Å²) in [6.45, 7) is 0.347. The Kier molecular flexibility index (Phi) is 5.11. The van der Waals surface area contributed by atoms with Gasteiger partial charge in [0.2, 0.25) is 5.91 Å². The minimum absolute atomic E-state index is 0.1000. The molecule has 25 heavy (non-hydrogen) atoms. The van der Waals surface area contributed by atoms with E-state index in [2.05, 4.69) is 10.3 Å². The van der Waals surface area contributed by atoms with Gasteiger partial charge in [0.05, 0.1) is 10.6 Å². The van der Waals surface area contributed by atoms with Crippen molar-refractivity contribution in [1.82, 2.24) is 10.3 Å². The Labute approximate surface area is 150 Å². The lowest BCUT2D eigenvalue weighted by atomic mass is 10.2. The van der Waals surface area contributed by atoms with Gasteiger partial charge < -0.3 is 10.3 Å². The Hall–Kier alpha value is -2.31. The number of aromatic amines is 1. The fraction of sp³-hybridized carbons (Fsp3) is 0.167. The third kappa shape index (κ3) is 4.21. The highest BCUT2D eigenvalue weighted by Gasteiger charge is 2.17. The normalized spacial score (nSPS) is 11.6. The molecule has 0 unspecified atom stereocenters. The molecule has 0 radical (unpaired) electrons. The quantitative estimate of drug-likeness (QED) is 0.692. The van der Waals surface area contributed by atoms with Gasteiger partial charge in [-0.15, -0.1) is 0 Å². The molecular weight excluding hydrogens is 360 g/mol. The summed E-state index contributed by atoms with van der Waals surface area (Å²) in [5, 5.41) is 4.15. The number of H-pyrrole nitrogens is 1. The monoisotopic (exact) mass is 376 g/mol. The molecule has 0 saturated carbocycles. The van der Waals surface area contributed by atoms with Crippen molar-refractivity contribution in [2.75, 3.05) is 5.75 Å². The zero-order valence-corrected chi connectivity index (χ0v) is 14.9. The molecule has 1 amide bonds. The summed E-state index contributed by atoms with van der Waals surface area (Å²) in [7, 11) is -3.54. The van der Waals surface area contributed by atoms with Crippen LogP contribution in [0.3, 0.4) is 0 Å². The summed E-state index contributed by atoms with van der Waals surface area (Å²) in [5.74, 6) is -0.566. The Morgan fingerprint density at radius 1 is 1.12 bits per heavy atom. The SMILES string of the molecule is O=C(CCS(=O)(=O)c1cccc(Cl)c1)NCc1c[nH]c2ccccc12. The molecule has 0 atom stereocenters.